The van der Waals surface area contributed by atoms with Gasteiger partial charge in [-0.1, -0.05) is 18.2 Å². The third kappa shape index (κ3) is 5.89. The summed E-state index contributed by atoms with van der Waals surface area (Å²) >= 11 is 1.82. The number of nitrogens with one attached hydrogen (secondary N) is 2. The van der Waals surface area contributed by atoms with Gasteiger partial charge in [-0.25, -0.2) is 4.99 Å². The van der Waals surface area contributed by atoms with Crippen molar-refractivity contribution in [1.82, 2.24) is 10.6 Å². The van der Waals surface area contributed by atoms with Gasteiger partial charge >= 0.3 is 0 Å². The highest BCUT2D eigenvalue weighted by molar-refractivity contribution is 7.14. The van der Waals surface area contributed by atoms with Crippen molar-refractivity contribution in [3.05, 3.63) is 47.3 Å². The standard InChI is InChI=1S/C21H30N4OS/c1-3-22-21(23-12-15-26-19-8-5-4-7-17(19)2)24-18-10-13-25(14-11-18)20-9-6-16-27-20/h4-9,16,18H,3,10-15H2,1-2H3,(H2,22,23,24). The van der Waals surface area contributed by atoms with Gasteiger partial charge in [-0.3, -0.25) is 0 Å². The molecule has 27 heavy (non-hydrogen) atoms. The molecule has 2 N–H and O–H groups in total. The van der Waals surface area contributed by atoms with Gasteiger partial charge in [0.1, 0.15) is 12.4 Å². The maximum Gasteiger partial charge on any atom is 0.191 e. The van der Waals surface area contributed by atoms with E-state index in [0.717, 1.165) is 49.7 Å². The lowest BCUT2D eigenvalue weighted by atomic mass is 10.1. The molecule has 1 aromatic heterocycles. The lowest BCUT2D eigenvalue weighted by Crippen LogP contribution is -2.48. The maximum atomic E-state index is 5.84. The number of hydrogen-bond acceptors (Lipinski definition) is 4. The molecule has 0 radical (unpaired) electrons. The zero-order chi connectivity index (χ0) is 18.9. The van der Waals surface area contributed by atoms with Gasteiger partial charge in [-0.05, 0) is 55.8 Å². The van der Waals surface area contributed by atoms with E-state index in [0.29, 0.717) is 19.2 Å². The highest BCUT2D eigenvalue weighted by Gasteiger charge is 2.20. The van der Waals surface area contributed by atoms with Gasteiger partial charge in [0.05, 0.1) is 11.5 Å². The van der Waals surface area contributed by atoms with Crippen LogP contribution in [0.15, 0.2) is 46.8 Å². The van der Waals surface area contributed by atoms with Crippen LogP contribution in [-0.2, 0) is 0 Å². The summed E-state index contributed by atoms with van der Waals surface area (Å²) in [5, 5.41) is 10.5. The van der Waals surface area contributed by atoms with Gasteiger partial charge in [0.25, 0.3) is 0 Å². The van der Waals surface area contributed by atoms with Gasteiger partial charge in [-0.2, -0.15) is 0 Å². The molecular formula is C21H30N4OS. The fraction of sp³-hybridized carbons (Fsp3) is 0.476. The largest absolute Gasteiger partial charge is 0.491 e. The molecule has 5 nitrogen and oxygen atoms in total. The molecule has 2 aromatic rings. The smallest absolute Gasteiger partial charge is 0.191 e. The first kappa shape index (κ1) is 19.5. The number of aliphatic imine (C=N–C) groups is 1. The van der Waals surface area contributed by atoms with E-state index in [1.807, 2.05) is 29.5 Å². The Labute approximate surface area is 166 Å². The Kier molecular flexibility index (Phi) is 7.39. The fourth-order valence-corrected chi connectivity index (χ4v) is 4.02. The Morgan fingerprint density at radius 2 is 2.04 bits per heavy atom. The summed E-state index contributed by atoms with van der Waals surface area (Å²) in [6, 6.07) is 12.9. The summed E-state index contributed by atoms with van der Waals surface area (Å²) in [7, 11) is 0. The number of thiophene rings is 1. The first-order chi connectivity index (χ1) is 13.3. The second kappa shape index (κ2) is 10.2. The third-order valence-electron chi connectivity index (χ3n) is 4.71. The van der Waals surface area contributed by atoms with Crippen molar-refractivity contribution in [3.8, 4) is 5.75 Å². The summed E-state index contributed by atoms with van der Waals surface area (Å²) in [6.45, 7) is 8.42. The quantitative estimate of drug-likeness (QED) is 0.433. The summed E-state index contributed by atoms with van der Waals surface area (Å²) < 4.78 is 5.84. The molecule has 1 aliphatic heterocycles. The molecule has 2 heterocycles. The Bertz CT molecular complexity index is 709. The first-order valence-electron chi connectivity index (χ1n) is 9.78. The number of guanidine groups is 1. The minimum absolute atomic E-state index is 0.469. The van der Waals surface area contributed by atoms with Crippen molar-refractivity contribution in [2.24, 2.45) is 4.99 Å². The predicted molar refractivity (Wildman–Crippen MR) is 115 cm³/mol. The molecule has 0 aliphatic carbocycles. The second-order valence-electron chi connectivity index (χ2n) is 6.73. The maximum absolute atomic E-state index is 5.84. The van der Waals surface area contributed by atoms with E-state index in [1.165, 1.54) is 5.00 Å². The van der Waals surface area contributed by atoms with Crippen molar-refractivity contribution in [3.63, 3.8) is 0 Å². The fourth-order valence-electron chi connectivity index (χ4n) is 3.24. The van der Waals surface area contributed by atoms with Crippen LogP contribution >= 0.6 is 11.3 Å². The number of aryl methyl sites for hydroxylation is 1. The Morgan fingerprint density at radius 1 is 1.22 bits per heavy atom. The number of hydrogen-bond donors (Lipinski definition) is 2. The molecule has 1 saturated heterocycles. The van der Waals surface area contributed by atoms with Gasteiger partial charge in [-0.15, -0.1) is 11.3 Å². The highest BCUT2D eigenvalue weighted by atomic mass is 32.1. The predicted octanol–water partition coefficient (Wildman–Crippen LogP) is 3.66. The molecule has 6 heteroatoms. The second-order valence-corrected chi connectivity index (χ2v) is 7.66. The molecule has 0 atom stereocenters. The minimum atomic E-state index is 0.469. The summed E-state index contributed by atoms with van der Waals surface area (Å²) in [5.74, 6) is 1.83. The van der Waals surface area contributed by atoms with Crippen LogP contribution < -0.4 is 20.3 Å². The number of rotatable bonds is 7. The number of benzene rings is 1. The highest BCUT2D eigenvalue weighted by Crippen LogP contribution is 2.24. The zero-order valence-electron chi connectivity index (χ0n) is 16.3. The number of piperidine rings is 1. The van der Waals surface area contributed by atoms with Crippen molar-refractivity contribution >= 4 is 22.3 Å². The summed E-state index contributed by atoms with van der Waals surface area (Å²) in [5.41, 5.74) is 1.16. The van der Waals surface area contributed by atoms with Crippen molar-refractivity contribution < 1.29 is 4.74 Å². The number of nitrogens with zero attached hydrogens (tertiary/aromatic N) is 2. The molecule has 1 aliphatic rings. The number of ether oxygens (including phenoxy) is 1. The Hall–Kier alpha value is -2.21. The van der Waals surface area contributed by atoms with Crippen molar-refractivity contribution in [2.45, 2.75) is 32.7 Å². The van der Waals surface area contributed by atoms with E-state index in [4.69, 9.17) is 4.74 Å². The van der Waals surface area contributed by atoms with Crippen LogP contribution in [0.5, 0.6) is 5.75 Å². The minimum Gasteiger partial charge on any atom is -0.491 e. The van der Waals surface area contributed by atoms with Crippen LogP contribution in [-0.4, -0.2) is 44.8 Å². The van der Waals surface area contributed by atoms with E-state index in [9.17, 15) is 0 Å². The normalized spacial score (nSPS) is 15.6. The molecule has 146 valence electrons. The van der Waals surface area contributed by atoms with Gasteiger partial charge in [0, 0.05) is 25.7 Å². The van der Waals surface area contributed by atoms with E-state index in [1.54, 1.807) is 0 Å². The van der Waals surface area contributed by atoms with E-state index in [-0.39, 0.29) is 0 Å². The van der Waals surface area contributed by atoms with Gasteiger partial charge in [0.2, 0.25) is 0 Å². The van der Waals surface area contributed by atoms with E-state index in [2.05, 4.69) is 58.0 Å². The monoisotopic (exact) mass is 386 g/mol. The molecule has 3 rings (SSSR count). The number of anilines is 1. The van der Waals surface area contributed by atoms with E-state index < -0.39 is 0 Å². The lowest BCUT2D eigenvalue weighted by Gasteiger charge is -2.33. The SMILES string of the molecule is CCNC(=NCCOc1ccccc1C)NC1CCN(c2cccs2)CC1. The van der Waals surface area contributed by atoms with Crippen molar-refractivity contribution in [2.75, 3.05) is 37.7 Å². The topological polar surface area (TPSA) is 48.9 Å². The van der Waals surface area contributed by atoms with Crippen LogP contribution in [0.2, 0.25) is 0 Å². The van der Waals surface area contributed by atoms with Crippen LogP contribution in [0.4, 0.5) is 5.00 Å². The first-order valence-corrected chi connectivity index (χ1v) is 10.7. The molecule has 0 spiro atoms. The average Bonchev–Trinajstić information content (AvgIpc) is 3.22. The summed E-state index contributed by atoms with van der Waals surface area (Å²) in [6.07, 6.45) is 2.25. The van der Waals surface area contributed by atoms with Crippen LogP contribution in [0.1, 0.15) is 25.3 Å². The third-order valence-corrected chi connectivity index (χ3v) is 5.64. The van der Waals surface area contributed by atoms with Crippen LogP contribution in [0, 0.1) is 6.92 Å². The van der Waals surface area contributed by atoms with Crippen LogP contribution in [0.25, 0.3) is 0 Å². The summed E-state index contributed by atoms with van der Waals surface area (Å²) in [4.78, 5) is 7.15. The Morgan fingerprint density at radius 3 is 2.74 bits per heavy atom. The molecule has 1 aromatic carbocycles. The lowest BCUT2D eigenvalue weighted by molar-refractivity contribution is 0.326. The molecule has 1 fully saturated rings. The Balaban J connectivity index is 1.44. The van der Waals surface area contributed by atoms with Crippen molar-refractivity contribution in [1.29, 1.82) is 0 Å². The molecular weight excluding hydrogens is 356 g/mol. The number of para-hydroxylation sites is 1. The molecule has 0 unspecified atom stereocenters. The van der Waals surface area contributed by atoms with Crippen LogP contribution in [0.3, 0.4) is 0 Å². The zero-order valence-corrected chi connectivity index (χ0v) is 17.1. The van der Waals surface area contributed by atoms with Gasteiger partial charge in [0.15, 0.2) is 5.96 Å². The van der Waals surface area contributed by atoms with Gasteiger partial charge < -0.3 is 20.3 Å². The molecule has 0 saturated carbocycles. The average molecular weight is 387 g/mol. The molecule has 0 bridgehead atoms. The van der Waals surface area contributed by atoms with E-state index >= 15 is 0 Å². The molecule has 0 amide bonds.